The molecule has 0 aliphatic carbocycles. The van der Waals surface area contributed by atoms with Crippen molar-refractivity contribution in [1.82, 2.24) is 0 Å². The zero-order valence-corrected chi connectivity index (χ0v) is 15.7. The van der Waals surface area contributed by atoms with Crippen LogP contribution >= 0.6 is 50.7 Å². The number of benzene rings is 2. The summed E-state index contributed by atoms with van der Waals surface area (Å²) in [6, 6.07) is 12.9. The minimum absolute atomic E-state index is 0.0826. The maximum atomic E-state index is 12.6. The lowest BCUT2D eigenvalue weighted by atomic mass is 10.1. The van der Waals surface area contributed by atoms with E-state index in [1.807, 2.05) is 42.5 Å². The highest BCUT2D eigenvalue weighted by molar-refractivity contribution is 14.1. The fraction of sp³-hybridized carbons (Fsp3) is 0.0667. The number of carbonyl (C=O) groups excluding carboxylic acids is 1. The van der Waals surface area contributed by atoms with Gasteiger partial charge in [0.2, 0.25) is 0 Å². The van der Waals surface area contributed by atoms with Crippen LogP contribution in [0.4, 0.5) is 5.69 Å². The van der Waals surface area contributed by atoms with Crippen LogP contribution in [0.3, 0.4) is 0 Å². The highest BCUT2D eigenvalue weighted by Gasteiger charge is 2.17. The Morgan fingerprint density at radius 3 is 2.67 bits per heavy atom. The van der Waals surface area contributed by atoms with Crippen molar-refractivity contribution in [2.45, 2.75) is 0 Å². The molecule has 0 atom stereocenters. The zero-order valence-electron chi connectivity index (χ0n) is 11.1. The molecule has 1 amide bonds. The molecule has 21 heavy (non-hydrogen) atoms. The van der Waals surface area contributed by atoms with E-state index < -0.39 is 0 Å². The first-order valence-electron chi connectivity index (χ1n) is 6.03. The number of nitrogens with zero attached hydrogens (tertiary/aromatic N) is 1. The quantitative estimate of drug-likeness (QED) is 0.541. The van der Waals surface area contributed by atoms with E-state index in [0.717, 1.165) is 19.3 Å². The van der Waals surface area contributed by atoms with Gasteiger partial charge < -0.3 is 10.6 Å². The van der Waals surface area contributed by atoms with Gasteiger partial charge in [0.05, 0.1) is 5.56 Å². The van der Waals surface area contributed by atoms with Gasteiger partial charge in [-0.1, -0.05) is 40.3 Å². The summed E-state index contributed by atoms with van der Waals surface area (Å²) in [6.45, 7) is 0. The molecule has 0 unspecified atom stereocenters. The first-order chi connectivity index (χ1) is 9.90. The number of rotatable bonds is 3. The summed E-state index contributed by atoms with van der Waals surface area (Å²) in [5.74, 6) is -0.0826. The Morgan fingerprint density at radius 1 is 1.29 bits per heavy atom. The van der Waals surface area contributed by atoms with Gasteiger partial charge in [0.25, 0.3) is 5.91 Å². The molecular formula is C15H12BrIN2OS. The van der Waals surface area contributed by atoms with Gasteiger partial charge in [-0.2, -0.15) is 0 Å². The van der Waals surface area contributed by atoms with Crippen LogP contribution in [0.1, 0.15) is 15.9 Å². The predicted molar refractivity (Wildman–Crippen MR) is 102 cm³/mol. The normalized spacial score (nSPS) is 10.2. The molecule has 0 aliphatic heterocycles. The van der Waals surface area contributed by atoms with Crippen LogP contribution in [0.25, 0.3) is 0 Å². The second-order valence-electron chi connectivity index (χ2n) is 4.40. The van der Waals surface area contributed by atoms with E-state index in [1.165, 1.54) is 0 Å². The topological polar surface area (TPSA) is 46.3 Å². The molecule has 0 bridgehead atoms. The van der Waals surface area contributed by atoms with Crippen LogP contribution in [-0.2, 0) is 0 Å². The molecule has 6 heteroatoms. The molecule has 3 nitrogen and oxygen atoms in total. The van der Waals surface area contributed by atoms with Crippen molar-refractivity contribution < 1.29 is 4.79 Å². The fourth-order valence-corrected chi connectivity index (χ4v) is 2.88. The molecule has 2 aromatic rings. The van der Waals surface area contributed by atoms with E-state index in [2.05, 4.69) is 38.5 Å². The third-order valence-corrected chi connectivity index (χ3v) is 4.65. The summed E-state index contributed by atoms with van der Waals surface area (Å²) < 4.78 is 1.77. The summed E-state index contributed by atoms with van der Waals surface area (Å²) in [6.07, 6.45) is 0. The summed E-state index contributed by atoms with van der Waals surface area (Å²) in [7, 11) is 1.73. The Labute approximate surface area is 150 Å². The molecular weight excluding hydrogens is 463 g/mol. The molecule has 0 heterocycles. The second-order valence-corrected chi connectivity index (χ2v) is 6.92. The highest BCUT2D eigenvalue weighted by atomic mass is 127. The lowest BCUT2D eigenvalue weighted by molar-refractivity contribution is 0.0992. The third-order valence-electron chi connectivity index (χ3n) is 2.98. The molecule has 108 valence electrons. The van der Waals surface area contributed by atoms with Crippen LogP contribution in [0.15, 0.2) is 46.9 Å². The van der Waals surface area contributed by atoms with Crippen LogP contribution in [-0.4, -0.2) is 17.9 Å². The van der Waals surface area contributed by atoms with Gasteiger partial charge in [0.1, 0.15) is 4.99 Å². The minimum Gasteiger partial charge on any atom is -0.389 e. The van der Waals surface area contributed by atoms with E-state index in [9.17, 15) is 4.79 Å². The standard InChI is InChI=1S/C15H12BrIN2OS/c1-19(11-4-2-3-9(7-11)14(18)21)15(20)12-8-10(16)5-6-13(12)17/h2-8H,1H3,(H2,18,21). The molecule has 0 fully saturated rings. The van der Waals surface area contributed by atoms with Crippen molar-refractivity contribution >= 4 is 67.3 Å². The molecule has 2 rings (SSSR count). The third kappa shape index (κ3) is 3.81. The van der Waals surface area contributed by atoms with Gasteiger partial charge in [-0.25, -0.2) is 0 Å². The molecule has 2 aromatic carbocycles. The summed E-state index contributed by atoms with van der Waals surface area (Å²) in [4.78, 5) is 14.5. The average Bonchev–Trinajstić information content (AvgIpc) is 2.48. The first-order valence-corrected chi connectivity index (χ1v) is 8.31. The first kappa shape index (κ1) is 16.4. The predicted octanol–water partition coefficient (Wildman–Crippen LogP) is 3.96. The fourth-order valence-electron chi connectivity index (χ4n) is 1.83. The number of anilines is 1. The summed E-state index contributed by atoms with van der Waals surface area (Å²) in [5.41, 5.74) is 7.77. The summed E-state index contributed by atoms with van der Waals surface area (Å²) >= 11 is 10.5. The van der Waals surface area contributed by atoms with Gasteiger partial charge in [-0.3, -0.25) is 4.79 Å². The van der Waals surface area contributed by atoms with E-state index in [4.69, 9.17) is 18.0 Å². The average molecular weight is 475 g/mol. The Morgan fingerprint density at radius 2 is 2.00 bits per heavy atom. The van der Waals surface area contributed by atoms with E-state index in [1.54, 1.807) is 11.9 Å². The van der Waals surface area contributed by atoms with Gasteiger partial charge in [-0.05, 0) is 52.9 Å². The van der Waals surface area contributed by atoms with Crippen LogP contribution in [0.2, 0.25) is 0 Å². The Hall–Kier alpha value is -0.990. The smallest absolute Gasteiger partial charge is 0.259 e. The van der Waals surface area contributed by atoms with Crippen LogP contribution in [0.5, 0.6) is 0 Å². The maximum Gasteiger partial charge on any atom is 0.259 e. The molecule has 0 saturated heterocycles. The largest absolute Gasteiger partial charge is 0.389 e. The van der Waals surface area contributed by atoms with Gasteiger partial charge in [0.15, 0.2) is 0 Å². The number of hydrogen-bond donors (Lipinski definition) is 1. The van der Waals surface area contributed by atoms with Crippen LogP contribution < -0.4 is 10.6 Å². The Kier molecular flexibility index (Phi) is 5.34. The number of nitrogens with two attached hydrogens (primary N) is 1. The van der Waals surface area contributed by atoms with Crippen molar-refractivity contribution in [3.8, 4) is 0 Å². The SMILES string of the molecule is CN(C(=O)c1cc(Br)ccc1I)c1cccc(C(N)=S)c1. The molecule has 0 saturated carbocycles. The second kappa shape index (κ2) is 6.85. The number of amides is 1. The van der Waals surface area contributed by atoms with E-state index in [-0.39, 0.29) is 5.91 Å². The number of halogens is 2. The van der Waals surface area contributed by atoms with Crippen molar-refractivity contribution in [2.75, 3.05) is 11.9 Å². The minimum atomic E-state index is -0.0826. The monoisotopic (exact) mass is 474 g/mol. The number of hydrogen-bond acceptors (Lipinski definition) is 2. The van der Waals surface area contributed by atoms with Gasteiger partial charge in [0, 0.05) is 26.3 Å². The van der Waals surface area contributed by atoms with Gasteiger partial charge >= 0.3 is 0 Å². The molecule has 2 N–H and O–H groups in total. The molecule has 0 spiro atoms. The summed E-state index contributed by atoms with van der Waals surface area (Å²) in [5, 5.41) is 0. The molecule has 0 aromatic heterocycles. The number of carbonyl (C=O) groups is 1. The highest BCUT2D eigenvalue weighted by Crippen LogP contribution is 2.23. The van der Waals surface area contributed by atoms with Crippen molar-refractivity contribution in [2.24, 2.45) is 5.73 Å². The van der Waals surface area contributed by atoms with Crippen molar-refractivity contribution in [1.29, 1.82) is 0 Å². The van der Waals surface area contributed by atoms with Crippen molar-refractivity contribution in [3.63, 3.8) is 0 Å². The van der Waals surface area contributed by atoms with Gasteiger partial charge in [-0.15, -0.1) is 0 Å². The van der Waals surface area contributed by atoms with Crippen LogP contribution in [0, 0.1) is 3.57 Å². The number of thiocarbonyl (C=S) groups is 1. The Bertz CT molecular complexity index is 721. The maximum absolute atomic E-state index is 12.6. The lowest BCUT2D eigenvalue weighted by Crippen LogP contribution is -2.27. The zero-order chi connectivity index (χ0) is 15.6. The Balaban J connectivity index is 2.37. The van der Waals surface area contributed by atoms with Crippen molar-refractivity contribution in [3.05, 3.63) is 61.6 Å². The molecule has 0 aliphatic rings. The lowest BCUT2D eigenvalue weighted by Gasteiger charge is -2.19. The van der Waals surface area contributed by atoms with E-state index in [0.29, 0.717) is 10.6 Å². The van der Waals surface area contributed by atoms with E-state index >= 15 is 0 Å². The molecule has 0 radical (unpaired) electrons.